The van der Waals surface area contributed by atoms with Gasteiger partial charge in [0.05, 0.1) is 16.8 Å². The SMILES string of the molecule is CC(C)OC(=O)COc1ccc(N)c(Cl)c1. The molecule has 0 atom stereocenters. The summed E-state index contributed by atoms with van der Waals surface area (Å²) >= 11 is 5.79. The molecule has 1 aromatic rings. The smallest absolute Gasteiger partial charge is 0.344 e. The van der Waals surface area contributed by atoms with Crippen LogP contribution in [-0.2, 0) is 9.53 Å². The summed E-state index contributed by atoms with van der Waals surface area (Å²) in [4.78, 5) is 11.2. The lowest BCUT2D eigenvalue weighted by Crippen LogP contribution is -2.18. The van der Waals surface area contributed by atoms with E-state index in [1.54, 1.807) is 32.0 Å². The number of hydrogen-bond acceptors (Lipinski definition) is 4. The number of carbonyl (C=O) groups is 1. The molecule has 0 fully saturated rings. The molecule has 0 amide bonds. The van der Waals surface area contributed by atoms with Crippen molar-refractivity contribution in [2.75, 3.05) is 12.3 Å². The highest BCUT2D eigenvalue weighted by Crippen LogP contribution is 2.23. The molecule has 0 saturated heterocycles. The molecule has 0 bridgehead atoms. The number of carbonyl (C=O) groups excluding carboxylic acids is 1. The highest BCUT2D eigenvalue weighted by molar-refractivity contribution is 6.33. The van der Waals surface area contributed by atoms with E-state index in [9.17, 15) is 4.79 Å². The molecular formula is C11H14ClNO3. The first-order valence-electron chi connectivity index (χ1n) is 4.86. The van der Waals surface area contributed by atoms with Crippen molar-refractivity contribution in [3.05, 3.63) is 23.2 Å². The zero-order valence-electron chi connectivity index (χ0n) is 9.20. The molecule has 0 saturated carbocycles. The Balaban J connectivity index is 2.48. The summed E-state index contributed by atoms with van der Waals surface area (Å²) in [7, 11) is 0. The lowest BCUT2D eigenvalue weighted by atomic mass is 10.3. The van der Waals surface area contributed by atoms with Crippen LogP contribution in [-0.4, -0.2) is 18.7 Å². The van der Waals surface area contributed by atoms with Crippen molar-refractivity contribution in [3.8, 4) is 5.75 Å². The number of halogens is 1. The molecule has 0 aliphatic rings. The number of nitrogens with two attached hydrogens (primary N) is 1. The highest BCUT2D eigenvalue weighted by atomic mass is 35.5. The van der Waals surface area contributed by atoms with Crippen molar-refractivity contribution in [1.82, 2.24) is 0 Å². The predicted molar refractivity (Wildman–Crippen MR) is 62.6 cm³/mol. The van der Waals surface area contributed by atoms with Gasteiger partial charge in [-0.2, -0.15) is 0 Å². The minimum Gasteiger partial charge on any atom is -0.482 e. The Morgan fingerprint density at radius 1 is 1.50 bits per heavy atom. The molecule has 0 aliphatic carbocycles. The van der Waals surface area contributed by atoms with Gasteiger partial charge in [0.1, 0.15) is 5.75 Å². The first kappa shape index (κ1) is 12.6. The van der Waals surface area contributed by atoms with Crippen LogP contribution >= 0.6 is 11.6 Å². The number of nitrogen functional groups attached to an aromatic ring is 1. The fourth-order valence-electron chi connectivity index (χ4n) is 1.04. The van der Waals surface area contributed by atoms with Gasteiger partial charge in [-0.05, 0) is 26.0 Å². The molecule has 4 nitrogen and oxygen atoms in total. The Labute approximate surface area is 99.3 Å². The van der Waals surface area contributed by atoms with Crippen molar-refractivity contribution < 1.29 is 14.3 Å². The van der Waals surface area contributed by atoms with E-state index in [0.29, 0.717) is 16.5 Å². The number of anilines is 1. The summed E-state index contributed by atoms with van der Waals surface area (Å²) in [6, 6.07) is 4.81. The van der Waals surface area contributed by atoms with Gasteiger partial charge in [0, 0.05) is 6.07 Å². The lowest BCUT2D eigenvalue weighted by molar-refractivity contribution is -0.149. The van der Waals surface area contributed by atoms with Gasteiger partial charge in [0.2, 0.25) is 0 Å². The second-order valence-electron chi connectivity index (χ2n) is 3.51. The van der Waals surface area contributed by atoms with Gasteiger partial charge < -0.3 is 15.2 Å². The van der Waals surface area contributed by atoms with Crippen LogP contribution < -0.4 is 10.5 Å². The topological polar surface area (TPSA) is 61.5 Å². The average molecular weight is 244 g/mol. The molecule has 0 aromatic heterocycles. The third-order valence-corrected chi connectivity index (χ3v) is 2.02. The van der Waals surface area contributed by atoms with Crippen molar-refractivity contribution >= 4 is 23.3 Å². The van der Waals surface area contributed by atoms with E-state index in [2.05, 4.69) is 0 Å². The summed E-state index contributed by atoms with van der Waals surface area (Å²) in [6.07, 6.45) is -0.147. The molecule has 0 aliphatic heterocycles. The number of benzene rings is 1. The minimum absolute atomic E-state index is 0.140. The second kappa shape index (κ2) is 5.61. The monoisotopic (exact) mass is 243 g/mol. The molecule has 16 heavy (non-hydrogen) atoms. The Bertz CT molecular complexity index is 379. The molecule has 2 N–H and O–H groups in total. The van der Waals surface area contributed by atoms with E-state index in [0.717, 1.165) is 0 Å². The highest BCUT2D eigenvalue weighted by Gasteiger charge is 2.07. The summed E-state index contributed by atoms with van der Waals surface area (Å²) in [5.41, 5.74) is 6.00. The fourth-order valence-corrected chi connectivity index (χ4v) is 1.21. The van der Waals surface area contributed by atoms with Crippen molar-refractivity contribution in [1.29, 1.82) is 0 Å². The summed E-state index contributed by atoms with van der Waals surface area (Å²) in [5.74, 6) is 0.0721. The fraction of sp³-hybridized carbons (Fsp3) is 0.364. The average Bonchev–Trinajstić information content (AvgIpc) is 2.19. The van der Waals surface area contributed by atoms with Crippen molar-refractivity contribution in [3.63, 3.8) is 0 Å². The van der Waals surface area contributed by atoms with Crippen LogP contribution in [0.2, 0.25) is 5.02 Å². The van der Waals surface area contributed by atoms with E-state index >= 15 is 0 Å². The van der Waals surface area contributed by atoms with Crippen molar-refractivity contribution in [2.45, 2.75) is 20.0 Å². The van der Waals surface area contributed by atoms with Crippen LogP contribution in [0.25, 0.3) is 0 Å². The molecule has 0 spiro atoms. The molecule has 0 radical (unpaired) electrons. The van der Waals surface area contributed by atoms with Crippen LogP contribution in [0, 0.1) is 0 Å². The molecule has 1 rings (SSSR count). The van der Waals surface area contributed by atoms with Gasteiger partial charge in [-0.25, -0.2) is 4.79 Å². The van der Waals surface area contributed by atoms with Crippen molar-refractivity contribution in [2.24, 2.45) is 0 Å². The first-order chi connectivity index (χ1) is 7.49. The van der Waals surface area contributed by atoms with Gasteiger partial charge in [0.25, 0.3) is 0 Å². The minimum atomic E-state index is -0.414. The van der Waals surface area contributed by atoms with Gasteiger partial charge >= 0.3 is 5.97 Å². The van der Waals surface area contributed by atoms with E-state index < -0.39 is 5.97 Å². The first-order valence-corrected chi connectivity index (χ1v) is 5.24. The zero-order chi connectivity index (χ0) is 12.1. The molecule has 0 unspecified atom stereocenters. The van der Waals surface area contributed by atoms with Crippen LogP contribution in [0.3, 0.4) is 0 Å². The van der Waals surface area contributed by atoms with Gasteiger partial charge in [0.15, 0.2) is 6.61 Å². The largest absolute Gasteiger partial charge is 0.482 e. The third kappa shape index (κ3) is 3.98. The van der Waals surface area contributed by atoms with E-state index in [1.165, 1.54) is 0 Å². The van der Waals surface area contributed by atoms with E-state index in [4.69, 9.17) is 26.8 Å². The molecule has 1 aromatic carbocycles. The standard InChI is InChI=1S/C11H14ClNO3/c1-7(2)16-11(14)6-15-8-3-4-10(13)9(12)5-8/h3-5,7H,6,13H2,1-2H3. The van der Waals surface area contributed by atoms with Gasteiger partial charge in [-0.3, -0.25) is 0 Å². The number of esters is 1. The summed E-state index contributed by atoms with van der Waals surface area (Å²) in [5, 5.41) is 0.398. The van der Waals surface area contributed by atoms with E-state index in [1.807, 2.05) is 0 Å². The van der Waals surface area contributed by atoms with Crippen LogP contribution in [0.5, 0.6) is 5.75 Å². The molecule has 5 heteroatoms. The summed E-state index contributed by atoms with van der Waals surface area (Å²) < 4.78 is 10.1. The Morgan fingerprint density at radius 3 is 2.75 bits per heavy atom. The van der Waals surface area contributed by atoms with Crippen LogP contribution in [0.1, 0.15) is 13.8 Å². The molecule has 88 valence electrons. The number of rotatable bonds is 4. The Morgan fingerprint density at radius 2 is 2.19 bits per heavy atom. The third-order valence-electron chi connectivity index (χ3n) is 1.70. The van der Waals surface area contributed by atoms with E-state index in [-0.39, 0.29) is 12.7 Å². The Kier molecular flexibility index (Phi) is 4.43. The van der Waals surface area contributed by atoms with Gasteiger partial charge in [-0.1, -0.05) is 11.6 Å². The Hall–Kier alpha value is -1.42. The maximum atomic E-state index is 11.2. The normalized spacial score (nSPS) is 10.2. The maximum Gasteiger partial charge on any atom is 0.344 e. The lowest BCUT2D eigenvalue weighted by Gasteiger charge is -2.09. The zero-order valence-corrected chi connectivity index (χ0v) is 9.95. The second-order valence-corrected chi connectivity index (χ2v) is 3.92. The van der Waals surface area contributed by atoms with Crippen LogP contribution in [0.15, 0.2) is 18.2 Å². The summed E-state index contributed by atoms with van der Waals surface area (Å²) in [6.45, 7) is 3.41. The maximum absolute atomic E-state index is 11.2. The van der Waals surface area contributed by atoms with Crippen LogP contribution in [0.4, 0.5) is 5.69 Å². The number of hydrogen-bond donors (Lipinski definition) is 1. The molecular weight excluding hydrogens is 230 g/mol. The van der Waals surface area contributed by atoms with Gasteiger partial charge in [-0.15, -0.1) is 0 Å². The quantitative estimate of drug-likeness (QED) is 0.651. The predicted octanol–water partition coefficient (Wildman–Crippen LogP) is 2.25. The number of ether oxygens (including phenoxy) is 2. The molecule has 0 heterocycles.